The molecule has 0 radical (unpaired) electrons. The summed E-state index contributed by atoms with van der Waals surface area (Å²) in [7, 11) is 0. The Morgan fingerprint density at radius 2 is 1.24 bits per heavy atom. The van der Waals surface area contributed by atoms with Crippen molar-refractivity contribution in [2.75, 3.05) is 4.90 Å². The molecular formula is C55H43NOS. The molecule has 2 nitrogen and oxygen atoms in total. The summed E-state index contributed by atoms with van der Waals surface area (Å²) in [6, 6.07) is 59.2. The number of hydrogen-bond donors (Lipinski definition) is 0. The average Bonchev–Trinajstić information content (AvgIpc) is 3.91. The highest BCUT2D eigenvalue weighted by molar-refractivity contribution is 7.25. The van der Waals surface area contributed by atoms with Crippen LogP contribution < -0.4 is 4.90 Å². The molecule has 0 saturated heterocycles. The van der Waals surface area contributed by atoms with E-state index in [-0.39, 0.29) is 5.41 Å². The second-order valence-electron chi connectivity index (χ2n) is 17.1. The van der Waals surface area contributed by atoms with Crippen molar-refractivity contribution in [3.05, 3.63) is 174 Å². The Bertz CT molecular complexity index is 3260. The van der Waals surface area contributed by atoms with Crippen LogP contribution in [0.25, 0.3) is 75.1 Å². The molecule has 0 spiro atoms. The highest BCUT2D eigenvalue weighted by Gasteiger charge is 2.36. The summed E-state index contributed by atoms with van der Waals surface area (Å²) in [5.74, 6) is 0.561. The molecule has 2 heterocycles. The van der Waals surface area contributed by atoms with Crippen molar-refractivity contribution >= 4 is 81.3 Å². The highest BCUT2D eigenvalue weighted by atomic mass is 32.1. The molecule has 58 heavy (non-hydrogen) atoms. The lowest BCUT2D eigenvalue weighted by Gasteiger charge is -2.30. The number of anilines is 3. The van der Waals surface area contributed by atoms with Crippen LogP contribution in [0.2, 0.25) is 0 Å². The van der Waals surface area contributed by atoms with Crippen molar-refractivity contribution in [3.63, 3.8) is 0 Å². The van der Waals surface area contributed by atoms with Gasteiger partial charge in [-0.05, 0) is 111 Å². The largest absolute Gasteiger partial charge is 0.456 e. The number of rotatable bonds is 5. The SMILES string of the molecule is CC1(C)c2ccccc2-c2ccc(N(c3ccc4c(c3)oc3c(C5CCCCC5)cccc34)c3cc4ccccc4cc3-c3ccc4c(c3)sc3ccccc34)cc21. The summed E-state index contributed by atoms with van der Waals surface area (Å²) in [5.41, 5.74) is 14.4. The first kappa shape index (κ1) is 33.9. The van der Waals surface area contributed by atoms with Crippen LogP contribution in [0.1, 0.15) is 68.6 Å². The quantitative estimate of drug-likeness (QED) is 0.173. The second-order valence-corrected chi connectivity index (χ2v) is 18.2. The van der Waals surface area contributed by atoms with Gasteiger partial charge in [0.15, 0.2) is 0 Å². The summed E-state index contributed by atoms with van der Waals surface area (Å²) in [6.07, 6.45) is 6.42. The molecular weight excluding hydrogens is 723 g/mol. The van der Waals surface area contributed by atoms with E-state index in [1.54, 1.807) is 0 Å². The molecule has 280 valence electrons. The van der Waals surface area contributed by atoms with Crippen molar-refractivity contribution in [1.29, 1.82) is 0 Å². The summed E-state index contributed by atoms with van der Waals surface area (Å²) in [6.45, 7) is 4.75. The van der Waals surface area contributed by atoms with Crippen LogP contribution in [-0.4, -0.2) is 0 Å². The third-order valence-electron chi connectivity index (χ3n) is 13.4. The summed E-state index contributed by atoms with van der Waals surface area (Å²) < 4.78 is 9.61. The normalized spacial score (nSPS) is 15.1. The summed E-state index contributed by atoms with van der Waals surface area (Å²) >= 11 is 1.88. The van der Waals surface area contributed by atoms with Gasteiger partial charge < -0.3 is 9.32 Å². The molecule has 2 aliphatic carbocycles. The van der Waals surface area contributed by atoms with Crippen molar-refractivity contribution in [2.45, 2.75) is 57.3 Å². The third-order valence-corrected chi connectivity index (χ3v) is 14.6. The van der Waals surface area contributed by atoms with Crippen LogP contribution in [0, 0.1) is 0 Å². The Morgan fingerprint density at radius 1 is 0.534 bits per heavy atom. The Labute approximate surface area is 343 Å². The molecule has 0 N–H and O–H groups in total. The number of furan rings is 1. The van der Waals surface area contributed by atoms with Gasteiger partial charge in [-0.15, -0.1) is 11.3 Å². The van der Waals surface area contributed by atoms with Gasteiger partial charge in [-0.3, -0.25) is 0 Å². The topological polar surface area (TPSA) is 16.4 Å². The number of para-hydroxylation sites is 1. The summed E-state index contributed by atoms with van der Waals surface area (Å²) in [5, 5.41) is 7.47. The minimum absolute atomic E-state index is 0.135. The molecule has 12 rings (SSSR count). The number of benzene rings is 8. The van der Waals surface area contributed by atoms with Crippen molar-refractivity contribution < 1.29 is 4.42 Å². The molecule has 2 aliphatic rings. The third kappa shape index (κ3) is 5.16. The fourth-order valence-corrected chi connectivity index (χ4v) is 11.6. The van der Waals surface area contributed by atoms with E-state index in [1.807, 2.05) is 11.3 Å². The van der Waals surface area contributed by atoms with Gasteiger partial charge in [0.1, 0.15) is 11.2 Å². The lowest BCUT2D eigenvalue weighted by atomic mass is 9.82. The number of hydrogen-bond acceptors (Lipinski definition) is 3. The van der Waals surface area contributed by atoms with Gasteiger partial charge in [-0.25, -0.2) is 0 Å². The lowest BCUT2D eigenvalue weighted by Crippen LogP contribution is -2.17. The minimum Gasteiger partial charge on any atom is -0.456 e. The minimum atomic E-state index is -0.135. The van der Waals surface area contributed by atoms with Gasteiger partial charge in [-0.1, -0.05) is 136 Å². The van der Waals surface area contributed by atoms with Gasteiger partial charge >= 0.3 is 0 Å². The van der Waals surface area contributed by atoms with E-state index in [0.29, 0.717) is 5.92 Å². The van der Waals surface area contributed by atoms with E-state index >= 15 is 0 Å². The molecule has 1 fully saturated rings. The predicted molar refractivity (Wildman–Crippen MR) is 248 cm³/mol. The zero-order chi connectivity index (χ0) is 38.5. The Hall–Kier alpha value is -6.16. The maximum atomic E-state index is 6.99. The van der Waals surface area contributed by atoms with E-state index in [4.69, 9.17) is 4.42 Å². The predicted octanol–water partition coefficient (Wildman–Crippen LogP) is 16.6. The first-order chi connectivity index (χ1) is 28.5. The van der Waals surface area contributed by atoms with Crippen LogP contribution in [0.5, 0.6) is 0 Å². The number of fused-ring (bicyclic) bond motifs is 10. The number of thiophene rings is 1. The standard InChI is InChI=1S/C55H43NOS/c1-55(2)48-21-10-8-17-41(48)42-27-24-38(32-49(42)55)56(39-25-28-43-46-20-12-19-40(34-13-4-3-5-14-34)54(46)57-51(43)33-39)50-30-36-16-7-6-15-35(36)29-47(50)37-23-26-45-44-18-9-11-22-52(44)58-53(45)31-37/h6-12,15-34H,3-5,13-14H2,1-2H3. The Morgan fingerprint density at radius 3 is 2.14 bits per heavy atom. The zero-order valence-corrected chi connectivity index (χ0v) is 33.7. The van der Waals surface area contributed by atoms with E-state index in [2.05, 4.69) is 176 Å². The fourth-order valence-electron chi connectivity index (χ4n) is 10.5. The van der Waals surface area contributed by atoms with Crippen LogP contribution in [0.3, 0.4) is 0 Å². The molecule has 0 bridgehead atoms. The first-order valence-electron chi connectivity index (χ1n) is 20.9. The first-order valence-corrected chi connectivity index (χ1v) is 21.8. The van der Waals surface area contributed by atoms with E-state index < -0.39 is 0 Å². The maximum Gasteiger partial charge on any atom is 0.138 e. The highest BCUT2D eigenvalue weighted by Crippen LogP contribution is 2.52. The molecule has 0 aliphatic heterocycles. The van der Waals surface area contributed by atoms with Gasteiger partial charge in [0, 0.05) is 59.4 Å². The van der Waals surface area contributed by atoms with E-state index in [0.717, 1.165) is 28.2 Å². The van der Waals surface area contributed by atoms with Gasteiger partial charge in [-0.2, -0.15) is 0 Å². The van der Waals surface area contributed by atoms with Crippen molar-refractivity contribution in [1.82, 2.24) is 0 Å². The maximum absolute atomic E-state index is 6.99. The van der Waals surface area contributed by atoms with E-state index in [9.17, 15) is 0 Å². The number of nitrogens with zero attached hydrogens (tertiary/aromatic N) is 1. The van der Waals surface area contributed by atoms with Crippen LogP contribution in [0.4, 0.5) is 17.1 Å². The van der Waals surface area contributed by atoms with Gasteiger partial charge in [0.25, 0.3) is 0 Å². The molecule has 3 heteroatoms. The zero-order valence-electron chi connectivity index (χ0n) is 32.9. The smallest absolute Gasteiger partial charge is 0.138 e. The summed E-state index contributed by atoms with van der Waals surface area (Å²) in [4.78, 5) is 2.49. The molecule has 1 saturated carbocycles. The van der Waals surface area contributed by atoms with Gasteiger partial charge in [0.05, 0.1) is 5.69 Å². The van der Waals surface area contributed by atoms with Crippen LogP contribution >= 0.6 is 11.3 Å². The van der Waals surface area contributed by atoms with Crippen molar-refractivity contribution in [2.24, 2.45) is 0 Å². The average molecular weight is 766 g/mol. The second kappa shape index (κ2) is 12.9. The molecule has 10 aromatic rings. The van der Waals surface area contributed by atoms with Gasteiger partial charge in [0.2, 0.25) is 0 Å². The lowest BCUT2D eigenvalue weighted by molar-refractivity contribution is 0.442. The Balaban J connectivity index is 1.11. The molecule has 0 amide bonds. The molecule has 2 aromatic heterocycles. The monoisotopic (exact) mass is 765 g/mol. The fraction of sp³-hybridized carbons (Fsp3) is 0.164. The van der Waals surface area contributed by atoms with E-state index in [1.165, 1.54) is 113 Å². The molecule has 0 unspecified atom stereocenters. The molecule has 0 atom stereocenters. The van der Waals surface area contributed by atoms with Crippen LogP contribution in [-0.2, 0) is 5.41 Å². The molecule has 8 aromatic carbocycles. The Kier molecular flexibility index (Phi) is 7.56. The van der Waals surface area contributed by atoms with Crippen molar-refractivity contribution in [3.8, 4) is 22.3 Å². The van der Waals surface area contributed by atoms with Crippen LogP contribution in [0.15, 0.2) is 162 Å².